The van der Waals surface area contributed by atoms with Crippen LogP contribution in [-0.4, -0.2) is 20.8 Å². The Morgan fingerprint density at radius 1 is 1.30 bits per heavy atom. The molecule has 1 N–H and O–H groups in total. The van der Waals surface area contributed by atoms with E-state index in [0.717, 1.165) is 23.4 Å². The molecule has 2 heterocycles. The number of aromatic nitrogens is 2. The predicted octanol–water partition coefficient (Wildman–Crippen LogP) is 5.42. The number of alkyl halides is 3. The molecule has 0 bridgehead atoms. The Kier molecular flexibility index (Phi) is 7.36. The SMILES string of the molecule is C/C=C\C(C)=C(\CC)c1ccc(C(C)O)c(-c2ccn(CC(F)(F)F)c(=O)c2F)n1. The van der Waals surface area contributed by atoms with E-state index in [1.54, 1.807) is 12.1 Å². The molecule has 0 aromatic carbocycles. The summed E-state index contributed by atoms with van der Waals surface area (Å²) in [4.78, 5) is 16.7. The minimum atomic E-state index is -4.66. The van der Waals surface area contributed by atoms with Crippen molar-refractivity contribution < 1.29 is 22.7 Å². The van der Waals surface area contributed by atoms with E-state index in [0.29, 0.717) is 12.1 Å². The zero-order valence-electron chi connectivity index (χ0n) is 17.2. The van der Waals surface area contributed by atoms with Crippen molar-refractivity contribution in [2.75, 3.05) is 0 Å². The number of aliphatic hydroxyl groups is 1. The van der Waals surface area contributed by atoms with Crippen LogP contribution in [0.3, 0.4) is 0 Å². The second-order valence-electron chi connectivity index (χ2n) is 6.92. The van der Waals surface area contributed by atoms with Crippen molar-refractivity contribution in [1.82, 2.24) is 9.55 Å². The predicted molar refractivity (Wildman–Crippen MR) is 108 cm³/mol. The van der Waals surface area contributed by atoms with Crippen molar-refractivity contribution in [3.8, 4) is 11.3 Å². The molecule has 0 aliphatic carbocycles. The van der Waals surface area contributed by atoms with Gasteiger partial charge < -0.3 is 9.67 Å². The van der Waals surface area contributed by atoms with Gasteiger partial charge in [0, 0.05) is 17.3 Å². The van der Waals surface area contributed by atoms with Gasteiger partial charge in [-0.3, -0.25) is 4.79 Å². The van der Waals surface area contributed by atoms with Crippen LogP contribution in [0.25, 0.3) is 16.8 Å². The highest BCUT2D eigenvalue weighted by atomic mass is 19.4. The van der Waals surface area contributed by atoms with E-state index in [9.17, 15) is 27.5 Å². The van der Waals surface area contributed by atoms with Crippen LogP contribution in [0.15, 0.2) is 46.9 Å². The normalized spacial score (nSPS) is 14.2. The highest BCUT2D eigenvalue weighted by Crippen LogP contribution is 2.31. The fraction of sp³-hybridized carbons (Fsp3) is 0.364. The first kappa shape index (κ1) is 23.5. The van der Waals surface area contributed by atoms with Gasteiger partial charge in [-0.2, -0.15) is 13.2 Å². The second kappa shape index (κ2) is 9.38. The highest BCUT2D eigenvalue weighted by molar-refractivity contribution is 5.72. The number of pyridine rings is 2. The molecule has 2 aromatic rings. The zero-order chi connectivity index (χ0) is 22.6. The summed E-state index contributed by atoms with van der Waals surface area (Å²) < 4.78 is 53.0. The molecule has 2 rings (SSSR count). The smallest absolute Gasteiger partial charge is 0.389 e. The van der Waals surface area contributed by atoms with Crippen LogP contribution in [0.5, 0.6) is 0 Å². The van der Waals surface area contributed by atoms with Crippen LogP contribution >= 0.6 is 0 Å². The molecule has 0 fully saturated rings. The van der Waals surface area contributed by atoms with E-state index < -0.39 is 30.2 Å². The lowest BCUT2D eigenvalue weighted by molar-refractivity contribution is -0.141. The maximum Gasteiger partial charge on any atom is 0.406 e. The molecule has 162 valence electrons. The Balaban J connectivity index is 2.73. The Morgan fingerprint density at radius 3 is 2.50 bits per heavy atom. The van der Waals surface area contributed by atoms with Crippen molar-refractivity contribution >= 4 is 5.57 Å². The lowest BCUT2D eigenvalue weighted by Gasteiger charge is -2.16. The Bertz CT molecular complexity index is 1030. The lowest BCUT2D eigenvalue weighted by atomic mass is 9.98. The molecule has 30 heavy (non-hydrogen) atoms. The van der Waals surface area contributed by atoms with E-state index in [1.807, 2.05) is 32.9 Å². The number of halogens is 4. The molecule has 1 atom stereocenters. The van der Waals surface area contributed by atoms with E-state index in [1.165, 1.54) is 6.92 Å². The number of hydrogen-bond acceptors (Lipinski definition) is 3. The fourth-order valence-electron chi connectivity index (χ4n) is 3.25. The molecule has 0 aliphatic heterocycles. The van der Waals surface area contributed by atoms with Gasteiger partial charge in [0.15, 0.2) is 5.82 Å². The number of hydrogen-bond donors (Lipinski definition) is 1. The molecule has 4 nitrogen and oxygen atoms in total. The van der Waals surface area contributed by atoms with Gasteiger partial charge in [-0.15, -0.1) is 0 Å². The molecular formula is C22H24F4N2O2. The number of aliphatic hydroxyl groups excluding tert-OH is 1. The van der Waals surface area contributed by atoms with Gasteiger partial charge in [0.05, 0.1) is 17.5 Å². The third-order valence-electron chi connectivity index (χ3n) is 4.64. The first-order chi connectivity index (χ1) is 14.0. The number of nitrogens with zero attached hydrogens (tertiary/aromatic N) is 2. The minimum Gasteiger partial charge on any atom is -0.389 e. The second-order valence-corrected chi connectivity index (χ2v) is 6.92. The molecule has 0 saturated heterocycles. The van der Waals surface area contributed by atoms with Crippen LogP contribution in [-0.2, 0) is 6.54 Å². The average Bonchev–Trinajstić information content (AvgIpc) is 2.65. The van der Waals surface area contributed by atoms with Crippen molar-refractivity contribution in [3.05, 3.63) is 69.5 Å². The summed E-state index contributed by atoms with van der Waals surface area (Å²) in [6.45, 7) is 5.58. The monoisotopic (exact) mass is 424 g/mol. The third kappa shape index (κ3) is 5.24. The van der Waals surface area contributed by atoms with Crippen LogP contribution < -0.4 is 5.56 Å². The molecule has 2 aromatic heterocycles. The standard InChI is InChI=1S/C22H24F4N2O2/c1-5-7-13(3)15(6-2)18-9-8-16(14(4)29)20(27-18)17-10-11-28(12-22(24,25)26)21(30)19(17)23/h5,7-11,14,29H,6,12H2,1-4H3/b7-5-,15-13-. The van der Waals surface area contributed by atoms with E-state index >= 15 is 0 Å². The summed E-state index contributed by atoms with van der Waals surface area (Å²) in [5.41, 5.74) is 1.01. The first-order valence-electron chi connectivity index (χ1n) is 9.48. The molecule has 0 aliphatic rings. The highest BCUT2D eigenvalue weighted by Gasteiger charge is 2.29. The van der Waals surface area contributed by atoms with Gasteiger partial charge >= 0.3 is 6.18 Å². The molecule has 0 spiro atoms. The Labute approximate surface area is 172 Å². The van der Waals surface area contributed by atoms with Crippen molar-refractivity contribution in [3.63, 3.8) is 0 Å². The summed E-state index contributed by atoms with van der Waals surface area (Å²) in [6.07, 6.45) is -0.393. The Morgan fingerprint density at radius 2 is 1.97 bits per heavy atom. The van der Waals surface area contributed by atoms with Crippen LogP contribution in [0.4, 0.5) is 17.6 Å². The van der Waals surface area contributed by atoms with Gasteiger partial charge in [-0.1, -0.05) is 25.1 Å². The van der Waals surface area contributed by atoms with Crippen LogP contribution in [0.1, 0.15) is 51.5 Å². The van der Waals surface area contributed by atoms with Gasteiger partial charge in [-0.05, 0) is 50.5 Å². The van der Waals surface area contributed by atoms with E-state index in [4.69, 9.17) is 0 Å². The number of rotatable bonds is 6. The largest absolute Gasteiger partial charge is 0.406 e. The molecule has 1 unspecified atom stereocenters. The van der Waals surface area contributed by atoms with Gasteiger partial charge in [0.25, 0.3) is 5.56 Å². The topological polar surface area (TPSA) is 55.1 Å². The number of allylic oxidation sites excluding steroid dienone is 4. The molecule has 0 radical (unpaired) electrons. The Hall–Kier alpha value is -2.74. The molecule has 0 amide bonds. The lowest BCUT2D eigenvalue weighted by Crippen LogP contribution is -2.30. The first-order valence-corrected chi connectivity index (χ1v) is 9.48. The molecular weight excluding hydrogens is 400 g/mol. The maximum atomic E-state index is 14.8. The van der Waals surface area contributed by atoms with Crippen molar-refractivity contribution in [1.29, 1.82) is 0 Å². The maximum absolute atomic E-state index is 14.8. The minimum absolute atomic E-state index is 0.0236. The summed E-state index contributed by atoms with van der Waals surface area (Å²) in [5.74, 6) is -1.35. The van der Waals surface area contributed by atoms with Gasteiger partial charge in [0.2, 0.25) is 0 Å². The van der Waals surface area contributed by atoms with Crippen LogP contribution in [0, 0.1) is 5.82 Å². The summed E-state index contributed by atoms with van der Waals surface area (Å²) in [6, 6.07) is 4.36. The summed E-state index contributed by atoms with van der Waals surface area (Å²) in [7, 11) is 0. The van der Waals surface area contributed by atoms with E-state index in [-0.39, 0.29) is 21.4 Å². The van der Waals surface area contributed by atoms with Crippen molar-refractivity contribution in [2.45, 2.75) is 52.9 Å². The van der Waals surface area contributed by atoms with Gasteiger partial charge in [0.1, 0.15) is 6.54 Å². The molecule has 8 heteroatoms. The summed E-state index contributed by atoms with van der Waals surface area (Å²) in [5, 5.41) is 10.1. The third-order valence-corrected chi connectivity index (χ3v) is 4.64. The quantitative estimate of drug-likeness (QED) is 0.497. The van der Waals surface area contributed by atoms with Crippen LogP contribution in [0.2, 0.25) is 0 Å². The van der Waals surface area contributed by atoms with Gasteiger partial charge in [-0.25, -0.2) is 9.37 Å². The summed E-state index contributed by atoms with van der Waals surface area (Å²) >= 11 is 0. The fourth-order valence-corrected chi connectivity index (χ4v) is 3.25. The zero-order valence-corrected chi connectivity index (χ0v) is 17.2. The van der Waals surface area contributed by atoms with Crippen molar-refractivity contribution in [2.24, 2.45) is 0 Å². The van der Waals surface area contributed by atoms with E-state index in [2.05, 4.69) is 4.98 Å². The average molecular weight is 424 g/mol. The molecule has 0 saturated carbocycles.